The Labute approximate surface area is 185 Å². The van der Waals surface area contributed by atoms with Crippen LogP contribution >= 0.6 is 11.3 Å². The third-order valence-corrected chi connectivity index (χ3v) is 6.82. The van der Waals surface area contributed by atoms with E-state index in [-0.39, 0.29) is 11.4 Å². The van der Waals surface area contributed by atoms with E-state index in [0.29, 0.717) is 11.3 Å². The van der Waals surface area contributed by atoms with Gasteiger partial charge < -0.3 is 10.1 Å². The minimum Gasteiger partial charge on any atom is -0.462 e. The van der Waals surface area contributed by atoms with E-state index < -0.39 is 0 Å². The zero-order valence-corrected chi connectivity index (χ0v) is 18.9. The Morgan fingerprint density at radius 1 is 1.29 bits per heavy atom. The summed E-state index contributed by atoms with van der Waals surface area (Å²) in [5.41, 5.74) is 5.99. The highest BCUT2D eigenvalue weighted by Crippen LogP contribution is 2.38. The summed E-state index contributed by atoms with van der Waals surface area (Å²) in [5, 5.41) is 11.3. The van der Waals surface area contributed by atoms with Gasteiger partial charge in [-0.1, -0.05) is 23.5 Å². The molecule has 0 radical (unpaired) electrons. The van der Waals surface area contributed by atoms with Crippen molar-refractivity contribution in [1.82, 2.24) is 20.5 Å². The molecule has 0 spiro atoms. The molecule has 0 unspecified atom stereocenters. The molecule has 0 saturated heterocycles. The van der Waals surface area contributed by atoms with Gasteiger partial charge in [-0.05, 0) is 46.1 Å². The second-order valence-corrected chi connectivity index (χ2v) is 9.71. The molecule has 7 nitrogen and oxygen atoms in total. The Morgan fingerprint density at radius 2 is 2.13 bits per heavy atom. The molecule has 4 heterocycles. The number of ether oxygens (including phenoxy) is 1. The molecule has 0 bridgehead atoms. The Hall–Kier alpha value is -3.13. The van der Waals surface area contributed by atoms with Crippen LogP contribution in [0, 0.1) is 13.8 Å². The van der Waals surface area contributed by atoms with E-state index in [9.17, 15) is 4.79 Å². The second kappa shape index (κ2) is 7.23. The van der Waals surface area contributed by atoms with E-state index in [0.717, 1.165) is 57.5 Å². The number of nitrogens with zero attached hydrogens (tertiary/aromatic N) is 3. The summed E-state index contributed by atoms with van der Waals surface area (Å²) >= 11 is 1.41. The molecule has 1 amide bonds. The summed E-state index contributed by atoms with van der Waals surface area (Å²) in [6, 6.07) is 0. The lowest BCUT2D eigenvalue weighted by Gasteiger charge is -2.29. The maximum atomic E-state index is 12.5. The van der Waals surface area contributed by atoms with Crippen LogP contribution < -0.4 is 10.2 Å². The van der Waals surface area contributed by atoms with Crippen LogP contribution in [0.4, 0.5) is 5.13 Å². The number of hydrogen-bond acceptors (Lipinski definition) is 6. The molecule has 0 atom stereocenters. The van der Waals surface area contributed by atoms with Gasteiger partial charge in [-0.25, -0.2) is 4.98 Å². The maximum absolute atomic E-state index is 12.5. The zero-order chi connectivity index (χ0) is 21.8. The lowest BCUT2D eigenvalue weighted by Crippen LogP contribution is -2.48. The number of hydrogen-bond donors (Lipinski definition) is 2. The standard InChI is InChI=1S/C23H25N5O2S/c1-13-19(14(2)27-26-13)16-8-6-5-7-15(16)18-12-28(9-10-30-18)22-24-17-11-23(3,4)25-21(29)20(17)31-22/h6,8-10,12H,5,7,11H2,1-4H3,(H,25,29)(H,26,27). The molecule has 2 N–H and O–H groups in total. The first-order valence-corrected chi connectivity index (χ1v) is 11.2. The fraction of sp³-hybridized carbons (Fsp3) is 0.348. The number of fused-ring (bicyclic) bond motifs is 1. The van der Waals surface area contributed by atoms with Gasteiger partial charge in [0.05, 0.1) is 17.6 Å². The fourth-order valence-corrected chi connectivity index (χ4v) is 5.25. The van der Waals surface area contributed by atoms with E-state index >= 15 is 0 Å². The normalized spacial score (nSPS) is 19.8. The first kappa shape index (κ1) is 19.8. The summed E-state index contributed by atoms with van der Waals surface area (Å²) in [7, 11) is 0. The third-order valence-electron chi connectivity index (χ3n) is 5.71. The monoisotopic (exact) mass is 435 g/mol. The van der Waals surface area contributed by atoms with Crippen LogP contribution in [-0.2, 0) is 11.2 Å². The average molecular weight is 436 g/mol. The van der Waals surface area contributed by atoms with Crippen molar-refractivity contribution in [3.63, 3.8) is 0 Å². The van der Waals surface area contributed by atoms with Gasteiger partial charge in [0.15, 0.2) is 5.13 Å². The molecule has 0 saturated carbocycles. The van der Waals surface area contributed by atoms with Gasteiger partial charge in [-0.15, -0.1) is 0 Å². The Kier molecular flexibility index (Phi) is 4.62. The van der Waals surface area contributed by atoms with E-state index in [1.54, 1.807) is 6.26 Å². The quantitative estimate of drug-likeness (QED) is 0.742. The van der Waals surface area contributed by atoms with Crippen LogP contribution in [0.5, 0.6) is 0 Å². The van der Waals surface area contributed by atoms with Gasteiger partial charge in [0.1, 0.15) is 16.9 Å². The molecule has 5 rings (SSSR count). The van der Waals surface area contributed by atoms with Crippen molar-refractivity contribution in [3.8, 4) is 0 Å². The summed E-state index contributed by atoms with van der Waals surface area (Å²) in [4.78, 5) is 19.9. The van der Waals surface area contributed by atoms with Gasteiger partial charge in [0, 0.05) is 35.0 Å². The fourth-order valence-electron chi connectivity index (χ4n) is 4.31. The number of thiazole rings is 1. The molecular formula is C23H25N5O2S. The minimum absolute atomic E-state index is 0.0511. The number of amides is 1. The number of H-pyrrole nitrogens is 1. The molecule has 8 heteroatoms. The van der Waals surface area contributed by atoms with Crippen molar-refractivity contribution >= 4 is 27.9 Å². The van der Waals surface area contributed by atoms with Gasteiger partial charge in [-0.2, -0.15) is 5.10 Å². The van der Waals surface area contributed by atoms with E-state index in [1.807, 2.05) is 45.0 Å². The largest absolute Gasteiger partial charge is 0.462 e. The highest BCUT2D eigenvalue weighted by atomic mass is 32.1. The lowest BCUT2D eigenvalue weighted by molar-refractivity contribution is 0.0901. The van der Waals surface area contributed by atoms with Gasteiger partial charge in [-0.3, -0.25) is 14.8 Å². The van der Waals surface area contributed by atoms with Gasteiger partial charge >= 0.3 is 0 Å². The molecule has 1 aliphatic carbocycles. The number of aromatic nitrogens is 3. The van der Waals surface area contributed by atoms with Crippen LogP contribution in [0.15, 0.2) is 42.1 Å². The Bertz CT molecular complexity index is 1180. The van der Waals surface area contributed by atoms with Gasteiger partial charge in [0.25, 0.3) is 5.91 Å². The van der Waals surface area contributed by atoms with Crippen LogP contribution in [0.3, 0.4) is 0 Å². The Balaban J connectivity index is 1.53. The summed E-state index contributed by atoms with van der Waals surface area (Å²) in [5.74, 6) is 0.740. The van der Waals surface area contributed by atoms with E-state index in [2.05, 4.69) is 27.7 Å². The minimum atomic E-state index is -0.286. The molecule has 31 heavy (non-hydrogen) atoms. The molecule has 3 aliphatic rings. The summed E-state index contributed by atoms with van der Waals surface area (Å²) < 4.78 is 5.95. The second-order valence-electron chi connectivity index (χ2n) is 8.73. The highest BCUT2D eigenvalue weighted by molar-refractivity contribution is 7.17. The van der Waals surface area contributed by atoms with Gasteiger partial charge in [0.2, 0.25) is 0 Å². The summed E-state index contributed by atoms with van der Waals surface area (Å²) in [6.45, 7) is 8.09. The summed E-state index contributed by atoms with van der Waals surface area (Å²) in [6.07, 6.45) is 12.4. The molecule has 160 valence electrons. The predicted molar refractivity (Wildman–Crippen MR) is 122 cm³/mol. The number of carbonyl (C=O) groups excluding carboxylic acids is 1. The number of allylic oxidation sites excluding steroid dienone is 4. The first-order valence-electron chi connectivity index (χ1n) is 10.4. The average Bonchev–Trinajstić information content (AvgIpc) is 3.30. The number of aromatic amines is 1. The SMILES string of the molecule is Cc1n[nH]c(C)c1C1=C(C2=CN(c3nc4c(s3)C(=O)NC(C)(C)C4)C=CO2)CCC=C1. The molecular weight excluding hydrogens is 410 g/mol. The van der Waals surface area contributed by atoms with E-state index in [4.69, 9.17) is 9.72 Å². The van der Waals surface area contributed by atoms with Crippen molar-refractivity contribution in [2.24, 2.45) is 0 Å². The maximum Gasteiger partial charge on any atom is 0.263 e. The molecule has 0 fully saturated rings. The number of anilines is 1. The third kappa shape index (κ3) is 3.50. The number of rotatable bonds is 3. The first-order chi connectivity index (χ1) is 14.8. The Morgan fingerprint density at radius 3 is 2.90 bits per heavy atom. The zero-order valence-electron chi connectivity index (χ0n) is 18.1. The molecule has 0 aromatic carbocycles. The number of aryl methyl sites for hydroxylation is 2. The van der Waals surface area contributed by atoms with Crippen LogP contribution in [0.1, 0.15) is 59.0 Å². The smallest absolute Gasteiger partial charge is 0.263 e. The van der Waals surface area contributed by atoms with Crippen LogP contribution in [0.25, 0.3) is 5.57 Å². The predicted octanol–water partition coefficient (Wildman–Crippen LogP) is 4.50. The van der Waals surface area contributed by atoms with Crippen LogP contribution in [0.2, 0.25) is 0 Å². The highest BCUT2D eigenvalue weighted by Gasteiger charge is 2.34. The van der Waals surface area contributed by atoms with Crippen molar-refractivity contribution in [2.45, 2.75) is 52.5 Å². The number of nitrogens with one attached hydrogen (secondary N) is 2. The lowest BCUT2D eigenvalue weighted by atomic mass is 9.90. The molecule has 2 aromatic heterocycles. The van der Waals surface area contributed by atoms with E-state index in [1.165, 1.54) is 11.3 Å². The van der Waals surface area contributed by atoms with Crippen molar-refractivity contribution < 1.29 is 9.53 Å². The van der Waals surface area contributed by atoms with Crippen LogP contribution in [-0.4, -0.2) is 26.6 Å². The molecule has 2 aromatic rings. The molecule has 2 aliphatic heterocycles. The number of carbonyl (C=O) groups is 1. The van der Waals surface area contributed by atoms with Crippen molar-refractivity contribution in [3.05, 3.63) is 69.7 Å². The van der Waals surface area contributed by atoms with Crippen molar-refractivity contribution in [2.75, 3.05) is 4.90 Å². The topological polar surface area (TPSA) is 83.1 Å². The van der Waals surface area contributed by atoms with Crippen molar-refractivity contribution in [1.29, 1.82) is 0 Å².